The first kappa shape index (κ1) is 4.52. The van der Waals surface area contributed by atoms with Crippen LogP contribution < -0.4 is 0 Å². The summed E-state index contributed by atoms with van der Waals surface area (Å²) in [4.78, 5) is 10.8. The average molecular weight is 113 g/mol. The first-order chi connectivity index (χ1) is 3.39. The van der Waals surface area contributed by atoms with Crippen LogP contribution in [-0.2, 0) is 0 Å². The Hall–Kier alpha value is -0.640. The van der Waals surface area contributed by atoms with Gasteiger partial charge in [0, 0.05) is 0 Å². The van der Waals surface area contributed by atoms with Gasteiger partial charge in [0.2, 0.25) is 0 Å². The molecule has 0 aliphatic heterocycles. The van der Waals surface area contributed by atoms with E-state index in [1.807, 2.05) is 0 Å². The van der Waals surface area contributed by atoms with E-state index in [0.29, 0.717) is 5.16 Å². The normalized spacial score (nSPS) is 8.71. The second-order valence-corrected chi connectivity index (χ2v) is 1.34. The van der Waals surface area contributed by atoms with E-state index in [0.717, 1.165) is 0 Å². The van der Waals surface area contributed by atoms with Gasteiger partial charge >= 0.3 is 0 Å². The molecule has 0 aromatic carbocycles. The van der Waals surface area contributed by atoms with E-state index in [2.05, 4.69) is 27.6 Å². The highest BCUT2D eigenvalue weighted by Gasteiger charge is 1.76. The maximum absolute atomic E-state index is 3.82. The van der Waals surface area contributed by atoms with Gasteiger partial charge in [-0.05, 0) is 0 Å². The third-order valence-electron chi connectivity index (χ3n) is 0.480. The molecule has 7 heavy (non-hydrogen) atoms. The molecule has 0 unspecified atom stereocenters. The lowest BCUT2D eigenvalue weighted by atomic mass is 11.1. The van der Waals surface area contributed by atoms with Crippen molar-refractivity contribution in [1.82, 2.24) is 15.0 Å². The van der Waals surface area contributed by atoms with Crippen molar-refractivity contribution in [3.63, 3.8) is 0 Å². The minimum Gasteiger partial charge on any atom is -0.225 e. The molecule has 0 aliphatic carbocycles. The molecule has 1 heterocycles. The van der Waals surface area contributed by atoms with Crippen molar-refractivity contribution in [3.05, 3.63) is 12.7 Å². The first-order valence-corrected chi connectivity index (χ1v) is 2.15. The summed E-state index contributed by atoms with van der Waals surface area (Å²) in [6, 6.07) is 0. The summed E-state index contributed by atoms with van der Waals surface area (Å²) < 4.78 is 0. The van der Waals surface area contributed by atoms with Gasteiger partial charge in [-0.1, -0.05) is 0 Å². The van der Waals surface area contributed by atoms with Crippen molar-refractivity contribution in [2.45, 2.75) is 5.16 Å². The molecular weight excluding hydrogens is 110 g/mol. The zero-order valence-corrected chi connectivity index (χ0v) is 4.34. The SMILES string of the molecule is Sc1ncncn1. The summed E-state index contributed by atoms with van der Waals surface area (Å²) in [7, 11) is 0. The Kier molecular flexibility index (Phi) is 1.21. The van der Waals surface area contributed by atoms with Gasteiger partial charge < -0.3 is 0 Å². The van der Waals surface area contributed by atoms with Crippen molar-refractivity contribution in [1.29, 1.82) is 0 Å². The zero-order valence-electron chi connectivity index (χ0n) is 3.44. The molecule has 0 atom stereocenters. The van der Waals surface area contributed by atoms with Gasteiger partial charge in [0.1, 0.15) is 12.7 Å². The lowest BCUT2D eigenvalue weighted by Gasteiger charge is -1.79. The Labute approximate surface area is 46.2 Å². The molecule has 0 spiro atoms. The Morgan fingerprint density at radius 2 is 1.86 bits per heavy atom. The molecule has 0 saturated carbocycles. The highest BCUT2D eigenvalue weighted by Crippen LogP contribution is 1.86. The molecular formula is C3H3N3S. The van der Waals surface area contributed by atoms with Crippen LogP contribution in [0.25, 0.3) is 0 Å². The third-order valence-corrected chi connectivity index (χ3v) is 0.711. The van der Waals surface area contributed by atoms with Crippen LogP contribution in [0.4, 0.5) is 0 Å². The van der Waals surface area contributed by atoms with E-state index in [1.54, 1.807) is 0 Å². The van der Waals surface area contributed by atoms with Crippen LogP contribution in [0.3, 0.4) is 0 Å². The summed E-state index contributed by atoms with van der Waals surface area (Å²) in [5.74, 6) is 0. The Morgan fingerprint density at radius 3 is 2.14 bits per heavy atom. The number of aromatic nitrogens is 3. The fourth-order valence-electron chi connectivity index (χ4n) is 0.233. The summed E-state index contributed by atoms with van der Waals surface area (Å²) in [5, 5.41) is 0.454. The zero-order chi connectivity index (χ0) is 5.11. The topological polar surface area (TPSA) is 38.7 Å². The molecule has 1 aromatic heterocycles. The van der Waals surface area contributed by atoms with Crippen molar-refractivity contribution < 1.29 is 0 Å². The quantitative estimate of drug-likeness (QED) is 0.487. The number of nitrogens with zero attached hydrogens (tertiary/aromatic N) is 3. The molecule has 0 aliphatic rings. The monoisotopic (exact) mass is 113 g/mol. The van der Waals surface area contributed by atoms with E-state index in [9.17, 15) is 0 Å². The predicted octanol–water partition coefficient (Wildman–Crippen LogP) is 0.160. The largest absolute Gasteiger partial charge is 0.225 e. The third kappa shape index (κ3) is 1.12. The highest BCUT2D eigenvalue weighted by atomic mass is 32.1. The molecule has 0 N–H and O–H groups in total. The number of hydrogen-bond acceptors (Lipinski definition) is 4. The van der Waals surface area contributed by atoms with Crippen LogP contribution in [0, 0.1) is 0 Å². The van der Waals surface area contributed by atoms with Gasteiger partial charge in [0.05, 0.1) is 0 Å². The molecule has 0 radical (unpaired) electrons. The fourth-order valence-corrected chi connectivity index (χ4v) is 0.336. The van der Waals surface area contributed by atoms with Crippen LogP contribution in [0.5, 0.6) is 0 Å². The molecule has 36 valence electrons. The predicted molar refractivity (Wildman–Crippen MR) is 27.1 cm³/mol. The van der Waals surface area contributed by atoms with Gasteiger partial charge in [-0.25, -0.2) is 15.0 Å². The van der Waals surface area contributed by atoms with Crippen molar-refractivity contribution >= 4 is 12.6 Å². The Morgan fingerprint density at radius 1 is 1.29 bits per heavy atom. The number of thiol groups is 1. The molecule has 4 heteroatoms. The summed E-state index contributed by atoms with van der Waals surface area (Å²) in [5.41, 5.74) is 0. The molecule has 0 saturated heterocycles. The van der Waals surface area contributed by atoms with Gasteiger partial charge in [-0.3, -0.25) is 0 Å². The molecule has 1 aromatic rings. The average Bonchev–Trinajstić information content (AvgIpc) is 1.69. The van der Waals surface area contributed by atoms with Crippen LogP contribution in [-0.4, -0.2) is 15.0 Å². The van der Waals surface area contributed by atoms with Crippen LogP contribution in [0.15, 0.2) is 17.8 Å². The first-order valence-electron chi connectivity index (χ1n) is 1.70. The van der Waals surface area contributed by atoms with E-state index in [1.165, 1.54) is 12.7 Å². The standard InChI is InChI=1S/C3H3N3S/c7-3-5-1-4-2-6-3/h1-2H,(H,4,5,6,7). The van der Waals surface area contributed by atoms with Crippen LogP contribution in [0.2, 0.25) is 0 Å². The molecule has 0 amide bonds. The van der Waals surface area contributed by atoms with Gasteiger partial charge in [-0.15, -0.1) is 12.6 Å². The number of hydrogen-bond donors (Lipinski definition) is 1. The van der Waals surface area contributed by atoms with E-state index in [4.69, 9.17) is 0 Å². The molecule has 1 rings (SSSR count). The molecule has 3 nitrogen and oxygen atoms in total. The second kappa shape index (κ2) is 1.88. The Balaban J connectivity index is 3.02. The van der Waals surface area contributed by atoms with Gasteiger partial charge in [0.15, 0.2) is 5.16 Å². The summed E-state index contributed by atoms with van der Waals surface area (Å²) >= 11 is 3.82. The van der Waals surface area contributed by atoms with Crippen molar-refractivity contribution in [3.8, 4) is 0 Å². The van der Waals surface area contributed by atoms with E-state index < -0.39 is 0 Å². The minimum absolute atomic E-state index is 0.454. The summed E-state index contributed by atoms with van der Waals surface area (Å²) in [6.07, 6.45) is 2.80. The van der Waals surface area contributed by atoms with Gasteiger partial charge in [-0.2, -0.15) is 0 Å². The van der Waals surface area contributed by atoms with Crippen molar-refractivity contribution in [2.24, 2.45) is 0 Å². The Bertz CT molecular complexity index is 140. The smallest absolute Gasteiger partial charge is 0.187 e. The van der Waals surface area contributed by atoms with Gasteiger partial charge in [0.25, 0.3) is 0 Å². The minimum atomic E-state index is 0.454. The second-order valence-electron chi connectivity index (χ2n) is 0.938. The van der Waals surface area contributed by atoms with E-state index in [-0.39, 0.29) is 0 Å². The number of rotatable bonds is 0. The van der Waals surface area contributed by atoms with Crippen LogP contribution >= 0.6 is 12.6 Å². The van der Waals surface area contributed by atoms with Crippen molar-refractivity contribution in [2.75, 3.05) is 0 Å². The van der Waals surface area contributed by atoms with Crippen LogP contribution in [0.1, 0.15) is 0 Å². The molecule has 0 bridgehead atoms. The fraction of sp³-hybridized carbons (Fsp3) is 0. The van der Waals surface area contributed by atoms with E-state index >= 15 is 0 Å². The summed E-state index contributed by atoms with van der Waals surface area (Å²) in [6.45, 7) is 0. The highest BCUT2D eigenvalue weighted by molar-refractivity contribution is 7.80. The molecule has 0 fully saturated rings. The maximum atomic E-state index is 3.82. The lowest BCUT2D eigenvalue weighted by molar-refractivity contribution is 0.907. The maximum Gasteiger partial charge on any atom is 0.187 e. The lowest BCUT2D eigenvalue weighted by Crippen LogP contribution is -1.80.